The van der Waals surface area contributed by atoms with Crippen molar-refractivity contribution in [1.29, 1.82) is 0 Å². The molecule has 0 fully saturated rings. The highest BCUT2D eigenvalue weighted by Crippen LogP contribution is 2.33. The Hall–Kier alpha value is -2.27. The lowest BCUT2D eigenvalue weighted by Crippen LogP contribution is -2.43. The highest BCUT2D eigenvalue weighted by atomic mass is 16.5. The van der Waals surface area contributed by atoms with Crippen molar-refractivity contribution in [2.24, 2.45) is 0 Å². The van der Waals surface area contributed by atoms with E-state index in [2.05, 4.69) is 5.32 Å². The molecule has 1 aliphatic rings. The standard InChI is InChI=1S/C16H18N2O3/c1-20-10-5-9-18-15(14-8-4-11-21-14)17-13-7-3-2-6-12(13)16(18)19/h2-4,6-8,11,15,17H,5,9-10H2,1H3/t15-/m0/s1. The molecule has 1 N–H and O–H groups in total. The zero-order valence-corrected chi connectivity index (χ0v) is 11.9. The van der Waals surface area contributed by atoms with Crippen molar-refractivity contribution in [3.63, 3.8) is 0 Å². The van der Waals surface area contributed by atoms with Gasteiger partial charge in [-0.25, -0.2) is 0 Å². The number of amides is 1. The molecule has 1 aromatic carbocycles. The molecule has 5 heteroatoms. The molecule has 110 valence electrons. The number of carbonyl (C=O) groups is 1. The highest BCUT2D eigenvalue weighted by Gasteiger charge is 2.33. The summed E-state index contributed by atoms with van der Waals surface area (Å²) in [6.07, 6.45) is 2.12. The molecule has 1 aromatic heterocycles. The second kappa shape index (κ2) is 6.01. The van der Waals surface area contributed by atoms with Crippen molar-refractivity contribution in [1.82, 2.24) is 4.90 Å². The number of benzene rings is 1. The minimum absolute atomic E-state index is 0.0156. The number of nitrogens with one attached hydrogen (secondary N) is 1. The maximum atomic E-state index is 12.7. The smallest absolute Gasteiger partial charge is 0.257 e. The van der Waals surface area contributed by atoms with Crippen LogP contribution in [0.4, 0.5) is 5.69 Å². The van der Waals surface area contributed by atoms with E-state index in [-0.39, 0.29) is 12.1 Å². The molecule has 2 aromatic rings. The molecule has 21 heavy (non-hydrogen) atoms. The molecule has 0 unspecified atom stereocenters. The lowest BCUT2D eigenvalue weighted by atomic mass is 10.1. The van der Waals surface area contributed by atoms with Crippen LogP contribution in [0.15, 0.2) is 47.1 Å². The molecule has 1 amide bonds. The molecule has 1 aliphatic heterocycles. The summed E-state index contributed by atoms with van der Waals surface area (Å²) in [7, 11) is 1.66. The van der Waals surface area contributed by atoms with E-state index >= 15 is 0 Å². The van der Waals surface area contributed by atoms with Gasteiger partial charge in [-0.05, 0) is 30.7 Å². The molecule has 0 saturated heterocycles. The molecule has 0 bridgehead atoms. The van der Waals surface area contributed by atoms with Crippen LogP contribution in [0.2, 0.25) is 0 Å². The maximum absolute atomic E-state index is 12.7. The Bertz CT molecular complexity index is 610. The average molecular weight is 286 g/mol. The van der Waals surface area contributed by atoms with E-state index in [1.165, 1.54) is 0 Å². The van der Waals surface area contributed by atoms with E-state index in [9.17, 15) is 4.79 Å². The maximum Gasteiger partial charge on any atom is 0.257 e. The van der Waals surface area contributed by atoms with Gasteiger partial charge < -0.3 is 19.4 Å². The summed E-state index contributed by atoms with van der Waals surface area (Å²) in [4.78, 5) is 14.5. The molecule has 1 atom stereocenters. The number of furan rings is 1. The lowest BCUT2D eigenvalue weighted by Gasteiger charge is -2.36. The summed E-state index contributed by atoms with van der Waals surface area (Å²) in [5.74, 6) is 0.747. The van der Waals surface area contributed by atoms with Gasteiger partial charge in [0.2, 0.25) is 0 Å². The minimum Gasteiger partial charge on any atom is -0.465 e. The van der Waals surface area contributed by atoms with Crippen molar-refractivity contribution >= 4 is 11.6 Å². The number of rotatable bonds is 5. The van der Waals surface area contributed by atoms with Crippen molar-refractivity contribution < 1.29 is 13.9 Å². The number of carbonyl (C=O) groups excluding carboxylic acids is 1. The van der Waals surface area contributed by atoms with Crippen molar-refractivity contribution in [2.75, 3.05) is 25.6 Å². The number of hydrogen-bond acceptors (Lipinski definition) is 4. The number of para-hydroxylation sites is 1. The Balaban J connectivity index is 1.91. The van der Waals surface area contributed by atoms with Crippen LogP contribution in [0, 0.1) is 0 Å². The molecule has 2 heterocycles. The number of fused-ring (bicyclic) bond motifs is 1. The lowest BCUT2D eigenvalue weighted by molar-refractivity contribution is 0.0639. The van der Waals surface area contributed by atoms with E-state index in [0.717, 1.165) is 17.9 Å². The van der Waals surface area contributed by atoms with E-state index in [1.807, 2.05) is 36.4 Å². The number of ether oxygens (including phenoxy) is 1. The highest BCUT2D eigenvalue weighted by molar-refractivity contribution is 6.01. The van der Waals surface area contributed by atoms with Gasteiger partial charge in [-0.2, -0.15) is 0 Å². The molecule has 5 nitrogen and oxygen atoms in total. The first-order chi connectivity index (χ1) is 10.3. The summed E-state index contributed by atoms with van der Waals surface area (Å²) < 4.78 is 10.6. The monoisotopic (exact) mass is 286 g/mol. The summed E-state index contributed by atoms with van der Waals surface area (Å²) in [6.45, 7) is 1.23. The molecule has 0 saturated carbocycles. The Morgan fingerprint density at radius 2 is 2.14 bits per heavy atom. The Labute approximate surface area is 123 Å². The summed E-state index contributed by atoms with van der Waals surface area (Å²) in [5.41, 5.74) is 1.53. The zero-order valence-electron chi connectivity index (χ0n) is 11.9. The molecule has 3 rings (SSSR count). The molecular formula is C16H18N2O3. The first-order valence-corrected chi connectivity index (χ1v) is 7.00. The third-order valence-corrected chi connectivity index (χ3v) is 3.58. The van der Waals surface area contributed by atoms with Crippen LogP contribution >= 0.6 is 0 Å². The predicted molar refractivity (Wildman–Crippen MR) is 79.0 cm³/mol. The fraction of sp³-hybridized carbons (Fsp3) is 0.312. The Morgan fingerprint density at radius 3 is 2.90 bits per heavy atom. The van der Waals surface area contributed by atoms with Crippen LogP contribution in [0.1, 0.15) is 28.7 Å². The van der Waals surface area contributed by atoms with Crippen LogP contribution in [0.5, 0.6) is 0 Å². The van der Waals surface area contributed by atoms with Gasteiger partial charge >= 0.3 is 0 Å². The normalized spacial score (nSPS) is 17.5. The van der Waals surface area contributed by atoms with Gasteiger partial charge in [-0.1, -0.05) is 12.1 Å². The summed E-state index contributed by atoms with van der Waals surface area (Å²) >= 11 is 0. The van der Waals surface area contributed by atoms with Gasteiger partial charge in [0.25, 0.3) is 5.91 Å². The fourth-order valence-electron chi connectivity index (χ4n) is 2.57. The first-order valence-electron chi connectivity index (χ1n) is 7.00. The SMILES string of the molecule is COCCCN1C(=O)c2ccccc2N[C@@H]1c1ccco1. The molecule has 0 aliphatic carbocycles. The topological polar surface area (TPSA) is 54.7 Å². The van der Waals surface area contributed by atoms with Gasteiger partial charge in [-0.3, -0.25) is 4.79 Å². The van der Waals surface area contributed by atoms with Gasteiger partial charge in [-0.15, -0.1) is 0 Å². The number of methoxy groups -OCH3 is 1. The van der Waals surface area contributed by atoms with Crippen LogP contribution in [-0.4, -0.2) is 31.1 Å². The predicted octanol–water partition coefficient (Wildman–Crippen LogP) is 2.88. The Kier molecular flexibility index (Phi) is 3.92. The number of hydrogen-bond donors (Lipinski definition) is 1. The van der Waals surface area contributed by atoms with Crippen LogP contribution < -0.4 is 5.32 Å². The van der Waals surface area contributed by atoms with Gasteiger partial charge in [0.15, 0.2) is 6.17 Å². The first kappa shape index (κ1) is 13.7. The van der Waals surface area contributed by atoms with Crippen molar-refractivity contribution in [2.45, 2.75) is 12.6 Å². The fourth-order valence-corrected chi connectivity index (χ4v) is 2.57. The minimum atomic E-state index is -0.278. The third kappa shape index (κ3) is 2.64. The quantitative estimate of drug-likeness (QED) is 0.859. The number of nitrogens with zero attached hydrogens (tertiary/aromatic N) is 1. The van der Waals surface area contributed by atoms with E-state index in [1.54, 1.807) is 18.3 Å². The third-order valence-electron chi connectivity index (χ3n) is 3.58. The summed E-state index contributed by atoms with van der Waals surface area (Å²) in [6, 6.07) is 11.2. The largest absolute Gasteiger partial charge is 0.465 e. The summed E-state index contributed by atoms with van der Waals surface area (Å²) in [5, 5.41) is 3.38. The second-order valence-corrected chi connectivity index (χ2v) is 4.95. The number of anilines is 1. The van der Waals surface area contributed by atoms with Crippen LogP contribution in [0.3, 0.4) is 0 Å². The second-order valence-electron chi connectivity index (χ2n) is 4.95. The van der Waals surface area contributed by atoms with E-state index in [4.69, 9.17) is 9.15 Å². The molecular weight excluding hydrogens is 268 g/mol. The van der Waals surface area contributed by atoms with Gasteiger partial charge in [0, 0.05) is 25.9 Å². The van der Waals surface area contributed by atoms with E-state index in [0.29, 0.717) is 18.7 Å². The van der Waals surface area contributed by atoms with Crippen molar-refractivity contribution in [3.05, 3.63) is 54.0 Å². The van der Waals surface area contributed by atoms with Crippen LogP contribution in [-0.2, 0) is 4.74 Å². The molecule has 0 radical (unpaired) electrons. The Morgan fingerprint density at radius 1 is 1.29 bits per heavy atom. The van der Waals surface area contributed by atoms with Crippen molar-refractivity contribution in [3.8, 4) is 0 Å². The average Bonchev–Trinajstić information content (AvgIpc) is 3.04. The molecule has 0 spiro atoms. The van der Waals surface area contributed by atoms with Crippen LogP contribution in [0.25, 0.3) is 0 Å². The van der Waals surface area contributed by atoms with Gasteiger partial charge in [0.1, 0.15) is 5.76 Å². The van der Waals surface area contributed by atoms with Gasteiger partial charge in [0.05, 0.1) is 11.8 Å². The zero-order chi connectivity index (χ0) is 14.7. The van der Waals surface area contributed by atoms with E-state index < -0.39 is 0 Å².